The van der Waals surface area contributed by atoms with Gasteiger partial charge in [-0.3, -0.25) is 20.0 Å². The first-order valence-electron chi connectivity index (χ1n) is 8.48. The highest BCUT2D eigenvalue weighted by Gasteiger charge is 2.23. The van der Waals surface area contributed by atoms with Crippen LogP contribution in [0.3, 0.4) is 0 Å². The number of hydrogen-bond acceptors (Lipinski definition) is 6. The Labute approximate surface area is 154 Å². The van der Waals surface area contributed by atoms with Crippen molar-refractivity contribution in [2.75, 3.05) is 36.5 Å². The fourth-order valence-electron chi connectivity index (χ4n) is 3.15. The zero-order valence-corrected chi connectivity index (χ0v) is 14.3. The third-order valence-corrected chi connectivity index (χ3v) is 4.51. The summed E-state index contributed by atoms with van der Waals surface area (Å²) in [7, 11) is 0. The Morgan fingerprint density at radius 2 is 2.07 bits per heavy atom. The number of benzene rings is 2. The largest absolute Gasteiger partial charge is 0.378 e. The number of carbonyl (C=O) groups is 1. The summed E-state index contributed by atoms with van der Waals surface area (Å²) < 4.78 is 5.29. The number of nitro benzene ring substituents is 1. The van der Waals surface area contributed by atoms with Crippen molar-refractivity contribution in [3.8, 4) is 0 Å². The lowest BCUT2D eigenvalue weighted by atomic mass is 10.1. The Morgan fingerprint density at radius 3 is 2.85 bits per heavy atom. The van der Waals surface area contributed by atoms with Gasteiger partial charge in [-0.25, -0.2) is 0 Å². The van der Waals surface area contributed by atoms with E-state index in [0.29, 0.717) is 43.2 Å². The predicted octanol–water partition coefficient (Wildman–Crippen LogP) is 2.56. The SMILES string of the molecule is O=C(Nc1cccc2cn[nH]c12)c1ccc(N2CCOCC2)c([N+](=O)[O-])c1. The van der Waals surface area contributed by atoms with E-state index >= 15 is 0 Å². The highest BCUT2D eigenvalue weighted by Crippen LogP contribution is 2.30. The lowest BCUT2D eigenvalue weighted by Crippen LogP contribution is -2.36. The van der Waals surface area contributed by atoms with Gasteiger partial charge in [-0.2, -0.15) is 5.10 Å². The standard InChI is InChI=1S/C18H17N5O4/c24-18(20-14-3-1-2-13-11-19-21-17(13)14)12-4-5-15(16(10-12)23(25)26)22-6-8-27-9-7-22/h1-5,10-11H,6-9H2,(H,19,21)(H,20,24). The van der Waals surface area contributed by atoms with E-state index in [2.05, 4.69) is 15.5 Å². The molecule has 9 heteroatoms. The molecule has 0 bridgehead atoms. The Hall–Kier alpha value is -3.46. The number of anilines is 2. The fourth-order valence-corrected chi connectivity index (χ4v) is 3.15. The van der Waals surface area contributed by atoms with Crippen LogP contribution < -0.4 is 10.2 Å². The van der Waals surface area contributed by atoms with Crippen LogP contribution in [0.25, 0.3) is 10.9 Å². The molecular weight excluding hydrogens is 350 g/mol. The molecule has 3 aromatic rings. The number of amides is 1. The molecule has 138 valence electrons. The second-order valence-electron chi connectivity index (χ2n) is 6.15. The maximum atomic E-state index is 12.6. The number of aromatic amines is 1. The molecule has 0 unspecified atom stereocenters. The van der Waals surface area contributed by atoms with Gasteiger partial charge in [0.2, 0.25) is 0 Å². The molecule has 1 aliphatic rings. The average molecular weight is 367 g/mol. The number of H-pyrrole nitrogens is 1. The summed E-state index contributed by atoms with van der Waals surface area (Å²) in [6.45, 7) is 2.20. The molecule has 0 saturated carbocycles. The maximum Gasteiger partial charge on any atom is 0.293 e. The monoisotopic (exact) mass is 367 g/mol. The first-order valence-corrected chi connectivity index (χ1v) is 8.48. The minimum Gasteiger partial charge on any atom is -0.378 e. The number of carbonyl (C=O) groups excluding carboxylic acids is 1. The van der Waals surface area contributed by atoms with E-state index in [1.54, 1.807) is 30.5 Å². The van der Waals surface area contributed by atoms with Crippen LogP contribution >= 0.6 is 0 Å². The molecule has 2 aromatic carbocycles. The molecule has 1 aliphatic heterocycles. The van der Waals surface area contributed by atoms with Crippen LogP contribution in [0, 0.1) is 10.1 Å². The molecule has 0 spiro atoms. The number of nitrogens with one attached hydrogen (secondary N) is 2. The van der Waals surface area contributed by atoms with Crippen molar-refractivity contribution in [3.05, 3.63) is 58.3 Å². The van der Waals surface area contributed by atoms with Gasteiger partial charge < -0.3 is 15.0 Å². The van der Waals surface area contributed by atoms with Crippen molar-refractivity contribution in [2.24, 2.45) is 0 Å². The summed E-state index contributed by atoms with van der Waals surface area (Å²) in [5, 5.41) is 22.0. The van der Waals surface area contributed by atoms with Crippen LogP contribution in [0.15, 0.2) is 42.6 Å². The lowest BCUT2D eigenvalue weighted by molar-refractivity contribution is -0.384. The number of rotatable bonds is 4. The van der Waals surface area contributed by atoms with Crippen LogP contribution in [0.5, 0.6) is 0 Å². The normalized spacial score (nSPS) is 14.3. The van der Waals surface area contributed by atoms with E-state index in [1.165, 1.54) is 6.07 Å². The van der Waals surface area contributed by atoms with Gasteiger partial charge in [0.1, 0.15) is 5.69 Å². The summed E-state index contributed by atoms with van der Waals surface area (Å²) >= 11 is 0. The molecule has 9 nitrogen and oxygen atoms in total. The molecule has 1 amide bonds. The van der Waals surface area contributed by atoms with E-state index in [0.717, 1.165) is 5.39 Å². The highest BCUT2D eigenvalue weighted by molar-refractivity contribution is 6.08. The van der Waals surface area contributed by atoms with Gasteiger partial charge in [0, 0.05) is 30.1 Å². The van der Waals surface area contributed by atoms with Gasteiger partial charge in [0.25, 0.3) is 11.6 Å². The summed E-state index contributed by atoms with van der Waals surface area (Å²) in [6.07, 6.45) is 1.66. The highest BCUT2D eigenvalue weighted by atomic mass is 16.6. The van der Waals surface area contributed by atoms with Crippen molar-refractivity contribution < 1.29 is 14.5 Å². The number of nitro groups is 1. The number of morpholine rings is 1. The number of aromatic nitrogens is 2. The Bertz CT molecular complexity index is 1010. The first kappa shape index (κ1) is 17.0. The maximum absolute atomic E-state index is 12.6. The van der Waals surface area contributed by atoms with Gasteiger partial charge in [-0.15, -0.1) is 0 Å². The van der Waals surface area contributed by atoms with Crippen LogP contribution in [-0.2, 0) is 4.74 Å². The molecule has 27 heavy (non-hydrogen) atoms. The summed E-state index contributed by atoms with van der Waals surface area (Å²) in [5.41, 5.74) is 1.88. The molecule has 0 radical (unpaired) electrons. The second-order valence-corrected chi connectivity index (χ2v) is 6.15. The van der Waals surface area contributed by atoms with Crippen LogP contribution in [0.4, 0.5) is 17.1 Å². The summed E-state index contributed by atoms with van der Waals surface area (Å²) in [6, 6.07) is 9.95. The number of nitrogens with zero attached hydrogens (tertiary/aromatic N) is 3. The van der Waals surface area contributed by atoms with Gasteiger partial charge in [0.05, 0.1) is 35.5 Å². The summed E-state index contributed by atoms with van der Waals surface area (Å²) in [5.74, 6) is -0.422. The van der Waals surface area contributed by atoms with E-state index in [4.69, 9.17) is 4.74 Å². The predicted molar refractivity (Wildman–Crippen MR) is 100 cm³/mol. The molecule has 0 aliphatic carbocycles. The summed E-state index contributed by atoms with van der Waals surface area (Å²) in [4.78, 5) is 25.6. The lowest BCUT2D eigenvalue weighted by Gasteiger charge is -2.28. The zero-order chi connectivity index (χ0) is 18.8. The van der Waals surface area contributed by atoms with Gasteiger partial charge in [0.15, 0.2) is 0 Å². The molecule has 1 aromatic heterocycles. The Morgan fingerprint density at radius 1 is 1.26 bits per heavy atom. The quantitative estimate of drug-likeness (QED) is 0.541. The van der Waals surface area contributed by atoms with E-state index in [-0.39, 0.29) is 11.3 Å². The van der Waals surface area contributed by atoms with Crippen LogP contribution in [0.1, 0.15) is 10.4 Å². The molecule has 0 atom stereocenters. The third kappa shape index (κ3) is 3.32. The molecule has 1 fully saturated rings. The molecular formula is C18H17N5O4. The van der Waals surface area contributed by atoms with Crippen molar-refractivity contribution in [1.82, 2.24) is 10.2 Å². The van der Waals surface area contributed by atoms with Crippen LogP contribution in [-0.4, -0.2) is 47.3 Å². The van der Waals surface area contributed by atoms with E-state index in [1.807, 2.05) is 11.0 Å². The Balaban J connectivity index is 1.63. The zero-order valence-electron chi connectivity index (χ0n) is 14.3. The minimum atomic E-state index is -0.461. The Kier molecular flexibility index (Phi) is 4.43. The first-order chi connectivity index (χ1) is 13.1. The van der Waals surface area contributed by atoms with Crippen LogP contribution in [0.2, 0.25) is 0 Å². The number of hydrogen-bond donors (Lipinski definition) is 2. The van der Waals surface area contributed by atoms with Crippen molar-refractivity contribution in [3.63, 3.8) is 0 Å². The van der Waals surface area contributed by atoms with Crippen molar-refractivity contribution in [2.45, 2.75) is 0 Å². The number of ether oxygens (including phenoxy) is 1. The van der Waals surface area contributed by atoms with E-state index in [9.17, 15) is 14.9 Å². The molecule has 2 N–H and O–H groups in total. The minimum absolute atomic E-state index is 0.0932. The van der Waals surface area contributed by atoms with Gasteiger partial charge >= 0.3 is 0 Å². The van der Waals surface area contributed by atoms with Crippen molar-refractivity contribution >= 4 is 33.9 Å². The fraction of sp³-hybridized carbons (Fsp3) is 0.222. The average Bonchev–Trinajstić information content (AvgIpc) is 3.18. The third-order valence-electron chi connectivity index (χ3n) is 4.51. The topological polar surface area (TPSA) is 113 Å². The second kappa shape index (κ2) is 7.04. The van der Waals surface area contributed by atoms with Gasteiger partial charge in [-0.1, -0.05) is 12.1 Å². The number of fused-ring (bicyclic) bond motifs is 1. The number of para-hydroxylation sites is 1. The smallest absolute Gasteiger partial charge is 0.293 e. The molecule has 4 rings (SSSR count). The molecule has 1 saturated heterocycles. The van der Waals surface area contributed by atoms with E-state index < -0.39 is 10.8 Å². The van der Waals surface area contributed by atoms with Crippen molar-refractivity contribution in [1.29, 1.82) is 0 Å². The molecule has 2 heterocycles. The van der Waals surface area contributed by atoms with Gasteiger partial charge in [-0.05, 0) is 18.2 Å².